The zero-order chi connectivity index (χ0) is 12.7. The van der Waals surface area contributed by atoms with Crippen molar-refractivity contribution in [1.82, 2.24) is 5.32 Å². The number of primary amides is 1. The Hall–Kier alpha value is -1.49. The van der Waals surface area contributed by atoms with Gasteiger partial charge in [0.25, 0.3) is 0 Å². The molecule has 0 spiro atoms. The largest absolute Gasteiger partial charge is 0.368 e. The van der Waals surface area contributed by atoms with E-state index in [-0.39, 0.29) is 18.4 Å². The fourth-order valence-electron chi connectivity index (χ4n) is 1.46. The van der Waals surface area contributed by atoms with Crippen molar-refractivity contribution in [2.75, 3.05) is 12.3 Å². The number of nitrogens with one attached hydrogen (secondary N) is 1. The maximum Gasteiger partial charge on any atom is 0.236 e. The van der Waals surface area contributed by atoms with Crippen molar-refractivity contribution in [1.29, 1.82) is 0 Å². The molecule has 4 nitrogen and oxygen atoms in total. The molecule has 5 heteroatoms. The van der Waals surface area contributed by atoms with E-state index < -0.39 is 5.91 Å². The molecule has 0 aliphatic carbocycles. The van der Waals surface area contributed by atoms with Crippen molar-refractivity contribution in [3.63, 3.8) is 0 Å². The van der Waals surface area contributed by atoms with Gasteiger partial charge in [0.2, 0.25) is 11.8 Å². The lowest BCUT2D eigenvalue weighted by Crippen LogP contribution is -2.38. The van der Waals surface area contributed by atoms with E-state index in [4.69, 9.17) is 5.73 Å². The summed E-state index contributed by atoms with van der Waals surface area (Å²) in [5.41, 5.74) is 6.03. The lowest BCUT2D eigenvalue weighted by atomic mass is 10.0. The molecule has 0 aliphatic rings. The predicted molar refractivity (Wildman–Crippen MR) is 69.7 cm³/mol. The van der Waals surface area contributed by atoms with Crippen molar-refractivity contribution in [2.45, 2.75) is 6.42 Å². The molecular weight excluding hydrogens is 236 g/mol. The van der Waals surface area contributed by atoms with E-state index in [2.05, 4.69) is 17.9 Å². The van der Waals surface area contributed by atoms with E-state index in [0.717, 1.165) is 5.56 Å². The molecular formula is C12H16N2O2S. The topological polar surface area (TPSA) is 72.2 Å². The van der Waals surface area contributed by atoms with Crippen LogP contribution in [0.3, 0.4) is 0 Å². The van der Waals surface area contributed by atoms with Crippen molar-refractivity contribution < 1.29 is 9.59 Å². The van der Waals surface area contributed by atoms with E-state index >= 15 is 0 Å². The number of carbonyl (C=O) groups excluding carboxylic acids is 2. The summed E-state index contributed by atoms with van der Waals surface area (Å²) in [5, 5.41) is 2.49. The number of hydrogen-bond donors (Lipinski definition) is 3. The highest BCUT2D eigenvalue weighted by molar-refractivity contribution is 7.80. The quantitative estimate of drug-likeness (QED) is 0.640. The number of amides is 2. The summed E-state index contributed by atoms with van der Waals surface area (Å²) < 4.78 is 0. The third-order valence-electron chi connectivity index (χ3n) is 2.35. The molecule has 0 aromatic heterocycles. The van der Waals surface area contributed by atoms with E-state index in [0.29, 0.717) is 12.2 Å². The SMILES string of the molecule is NC(=O)CNC(=O)[C@@H](CS)Cc1ccccc1. The van der Waals surface area contributed by atoms with Gasteiger partial charge in [-0.15, -0.1) is 0 Å². The second-order valence-corrected chi connectivity index (χ2v) is 4.12. The molecule has 0 saturated carbocycles. The van der Waals surface area contributed by atoms with Crippen LogP contribution in [0.5, 0.6) is 0 Å². The third-order valence-corrected chi connectivity index (χ3v) is 2.79. The van der Waals surface area contributed by atoms with Gasteiger partial charge in [0, 0.05) is 5.75 Å². The standard InChI is InChI=1S/C12H16N2O2S/c13-11(15)7-14-12(16)10(8-17)6-9-4-2-1-3-5-9/h1-5,10,17H,6-8H2,(H2,13,15)(H,14,16)/t10-/m1/s1. The molecule has 0 fully saturated rings. The minimum Gasteiger partial charge on any atom is -0.368 e. The summed E-state index contributed by atoms with van der Waals surface area (Å²) >= 11 is 4.15. The molecule has 1 aromatic carbocycles. The van der Waals surface area contributed by atoms with Crippen LogP contribution < -0.4 is 11.1 Å². The highest BCUT2D eigenvalue weighted by Crippen LogP contribution is 2.10. The fourth-order valence-corrected chi connectivity index (χ4v) is 1.75. The predicted octanol–water partition coefficient (Wildman–Crippen LogP) is 0.377. The fraction of sp³-hybridized carbons (Fsp3) is 0.333. The smallest absolute Gasteiger partial charge is 0.236 e. The zero-order valence-corrected chi connectivity index (χ0v) is 10.3. The van der Waals surface area contributed by atoms with Crippen LogP contribution in [-0.4, -0.2) is 24.1 Å². The summed E-state index contributed by atoms with van der Waals surface area (Å²) in [4.78, 5) is 22.3. The van der Waals surface area contributed by atoms with Gasteiger partial charge >= 0.3 is 0 Å². The van der Waals surface area contributed by atoms with Gasteiger partial charge in [0.15, 0.2) is 0 Å². The molecule has 3 N–H and O–H groups in total. The monoisotopic (exact) mass is 252 g/mol. The van der Waals surface area contributed by atoms with E-state index in [1.807, 2.05) is 30.3 Å². The number of carbonyl (C=O) groups is 2. The first kappa shape index (κ1) is 13.6. The van der Waals surface area contributed by atoms with Crippen LogP contribution in [-0.2, 0) is 16.0 Å². The lowest BCUT2D eigenvalue weighted by molar-refractivity contribution is -0.127. The van der Waals surface area contributed by atoms with Crippen molar-refractivity contribution in [2.24, 2.45) is 11.7 Å². The van der Waals surface area contributed by atoms with Crippen LogP contribution in [0.4, 0.5) is 0 Å². The van der Waals surface area contributed by atoms with Crippen LogP contribution >= 0.6 is 12.6 Å². The molecule has 0 heterocycles. The Morgan fingerprint density at radius 1 is 1.29 bits per heavy atom. The molecule has 1 atom stereocenters. The average Bonchev–Trinajstić information content (AvgIpc) is 2.34. The molecule has 1 rings (SSSR count). The van der Waals surface area contributed by atoms with Crippen LogP contribution in [0, 0.1) is 5.92 Å². The van der Waals surface area contributed by atoms with Gasteiger partial charge in [-0.05, 0) is 12.0 Å². The van der Waals surface area contributed by atoms with Crippen molar-refractivity contribution in [3.05, 3.63) is 35.9 Å². The Morgan fingerprint density at radius 2 is 1.94 bits per heavy atom. The number of rotatable bonds is 6. The van der Waals surface area contributed by atoms with Gasteiger partial charge in [-0.1, -0.05) is 30.3 Å². The van der Waals surface area contributed by atoms with Gasteiger partial charge in [-0.3, -0.25) is 9.59 Å². The molecule has 17 heavy (non-hydrogen) atoms. The average molecular weight is 252 g/mol. The molecule has 0 bridgehead atoms. The maximum atomic E-state index is 11.7. The van der Waals surface area contributed by atoms with Crippen LogP contribution in [0.2, 0.25) is 0 Å². The zero-order valence-electron chi connectivity index (χ0n) is 9.43. The summed E-state index contributed by atoms with van der Waals surface area (Å²) in [6.07, 6.45) is 0.606. The molecule has 1 aromatic rings. The molecule has 2 amide bonds. The second-order valence-electron chi connectivity index (χ2n) is 3.75. The Kier molecular flexibility index (Phi) is 5.56. The van der Waals surface area contributed by atoms with Crippen molar-refractivity contribution in [3.8, 4) is 0 Å². The van der Waals surface area contributed by atoms with Crippen LogP contribution in [0.25, 0.3) is 0 Å². The van der Waals surface area contributed by atoms with E-state index in [9.17, 15) is 9.59 Å². The number of thiol groups is 1. The Morgan fingerprint density at radius 3 is 2.47 bits per heavy atom. The second kappa shape index (κ2) is 6.96. The first-order chi connectivity index (χ1) is 8.13. The maximum absolute atomic E-state index is 11.7. The minimum atomic E-state index is -0.545. The summed E-state index contributed by atoms with van der Waals surface area (Å²) in [6.45, 7) is -0.127. The van der Waals surface area contributed by atoms with Crippen molar-refractivity contribution >= 4 is 24.4 Å². The van der Waals surface area contributed by atoms with E-state index in [1.165, 1.54) is 0 Å². The van der Waals surface area contributed by atoms with Gasteiger partial charge in [-0.2, -0.15) is 12.6 Å². The highest BCUT2D eigenvalue weighted by atomic mass is 32.1. The van der Waals surface area contributed by atoms with Gasteiger partial charge in [-0.25, -0.2) is 0 Å². The number of hydrogen-bond acceptors (Lipinski definition) is 3. The first-order valence-corrected chi connectivity index (χ1v) is 5.97. The normalized spacial score (nSPS) is 11.8. The van der Waals surface area contributed by atoms with Crippen LogP contribution in [0.15, 0.2) is 30.3 Å². The molecule has 0 aliphatic heterocycles. The minimum absolute atomic E-state index is 0.127. The summed E-state index contributed by atoms with van der Waals surface area (Å²) in [6, 6.07) is 9.68. The van der Waals surface area contributed by atoms with Crippen LogP contribution in [0.1, 0.15) is 5.56 Å². The number of nitrogens with two attached hydrogens (primary N) is 1. The first-order valence-electron chi connectivity index (χ1n) is 5.34. The molecule has 92 valence electrons. The van der Waals surface area contributed by atoms with E-state index in [1.54, 1.807) is 0 Å². The molecule has 0 radical (unpaired) electrons. The van der Waals surface area contributed by atoms with Gasteiger partial charge in [0.1, 0.15) is 0 Å². The number of benzene rings is 1. The molecule has 0 unspecified atom stereocenters. The highest BCUT2D eigenvalue weighted by Gasteiger charge is 2.17. The summed E-state index contributed by atoms with van der Waals surface area (Å²) in [7, 11) is 0. The van der Waals surface area contributed by atoms with Gasteiger partial charge < -0.3 is 11.1 Å². The molecule has 0 saturated heterocycles. The Bertz CT molecular complexity index is 381. The lowest BCUT2D eigenvalue weighted by Gasteiger charge is -2.13. The Labute approximate surface area is 106 Å². The summed E-state index contributed by atoms with van der Waals surface area (Å²) in [5.74, 6) is -0.557. The Balaban J connectivity index is 2.53. The third kappa shape index (κ3) is 4.91. The van der Waals surface area contributed by atoms with Gasteiger partial charge in [0.05, 0.1) is 12.5 Å².